The summed E-state index contributed by atoms with van der Waals surface area (Å²) in [5.74, 6) is -0.635. The summed E-state index contributed by atoms with van der Waals surface area (Å²) in [7, 11) is 0. The van der Waals surface area contributed by atoms with E-state index in [1.165, 1.54) is 6.20 Å². The maximum absolute atomic E-state index is 9.24. The van der Waals surface area contributed by atoms with Gasteiger partial charge in [-0.2, -0.15) is 0 Å². The van der Waals surface area contributed by atoms with Crippen LogP contribution in [0, 0.1) is 26.0 Å². The molecule has 2 heteroatoms. The van der Waals surface area contributed by atoms with E-state index in [0.717, 1.165) is 64.3 Å². The molecule has 1 fully saturated rings. The van der Waals surface area contributed by atoms with Crippen LogP contribution >= 0.6 is 0 Å². The highest BCUT2D eigenvalue weighted by Crippen LogP contribution is 2.43. The summed E-state index contributed by atoms with van der Waals surface area (Å²) in [6.07, 6.45) is 4.96. The molecule has 1 aliphatic rings. The summed E-state index contributed by atoms with van der Waals surface area (Å²) in [5.41, 5.74) is 6.97. The molecule has 2 aromatic heterocycles. The van der Waals surface area contributed by atoms with E-state index in [0.29, 0.717) is 28.0 Å². The molecule has 0 atom stereocenters. The Balaban J connectivity index is 1.35. The monoisotopic (exact) mass is 556 g/mol. The maximum atomic E-state index is 9.24. The van der Waals surface area contributed by atoms with Crippen molar-refractivity contribution in [2.75, 3.05) is 0 Å². The van der Waals surface area contributed by atoms with Gasteiger partial charge in [-0.15, -0.1) is 0 Å². The topological polar surface area (TPSA) is 26.0 Å². The van der Waals surface area contributed by atoms with Gasteiger partial charge in [-0.25, -0.2) is 0 Å². The third-order valence-electron chi connectivity index (χ3n) is 9.05. The van der Waals surface area contributed by atoms with Crippen molar-refractivity contribution in [1.82, 2.24) is 4.98 Å². The zero-order valence-electron chi connectivity index (χ0n) is 31.3. The van der Waals surface area contributed by atoms with Crippen LogP contribution in [0.3, 0.4) is 0 Å². The minimum Gasteiger partial charge on any atom is -0.455 e. The van der Waals surface area contributed by atoms with Crippen LogP contribution in [0.1, 0.15) is 77.3 Å². The summed E-state index contributed by atoms with van der Waals surface area (Å²) >= 11 is 0. The quantitative estimate of drug-likeness (QED) is 0.216. The van der Waals surface area contributed by atoms with Crippen LogP contribution in [0.25, 0.3) is 55.4 Å². The van der Waals surface area contributed by atoms with Gasteiger partial charge < -0.3 is 4.42 Å². The number of hydrogen-bond acceptors (Lipinski definition) is 2. The number of fused-ring (bicyclic) bond motifs is 3. The first kappa shape index (κ1) is 19.9. The number of aryl methyl sites for hydroxylation is 3. The number of rotatable bonds is 4. The van der Waals surface area contributed by atoms with Crippen LogP contribution in [0.5, 0.6) is 0 Å². The molecule has 0 saturated heterocycles. The van der Waals surface area contributed by atoms with E-state index in [2.05, 4.69) is 24.9 Å². The summed E-state index contributed by atoms with van der Waals surface area (Å²) in [6.45, 7) is 1.46. The number of pyridine rings is 1. The Labute approximate surface area is 259 Å². The third kappa shape index (κ3) is 4.73. The molecule has 0 unspecified atom stereocenters. The first-order valence-electron chi connectivity index (χ1n) is 18.2. The van der Waals surface area contributed by atoms with Gasteiger partial charge in [0, 0.05) is 32.1 Å². The smallest absolute Gasteiger partial charge is 0.144 e. The van der Waals surface area contributed by atoms with Crippen molar-refractivity contribution in [1.29, 1.82) is 0 Å². The van der Waals surface area contributed by atoms with Gasteiger partial charge in [0.2, 0.25) is 0 Å². The third-order valence-corrected chi connectivity index (χ3v) is 9.05. The highest BCUT2D eigenvalue weighted by atomic mass is 16.3. The molecule has 42 heavy (non-hydrogen) atoms. The van der Waals surface area contributed by atoms with Crippen molar-refractivity contribution < 1.29 is 14.0 Å². The van der Waals surface area contributed by atoms with E-state index in [9.17, 15) is 1.37 Å². The lowest BCUT2D eigenvalue weighted by Gasteiger charge is -2.34. The molecule has 0 N–H and O–H groups in total. The number of benzene rings is 4. The molecule has 0 radical (unpaired) electrons. The number of nitrogens with zero attached hydrogens (tertiary/aromatic N) is 1. The Bertz CT molecular complexity index is 2220. The van der Waals surface area contributed by atoms with Crippen LogP contribution < -0.4 is 0 Å². The zero-order valence-corrected chi connectivity index (χ0v) is 24.3. The highest BCUT2D eigenvalue weighted by molar-refractivity contribution is 6.09. The molecule has 0 amide bonds. The fourth-order valence-electron chi connectivity index (χ4n) is 6.45. The Morgan fingerprint density at radius 2 is 1.55 bits per heavy atom. The Kier molecular flexibility index (Phi) is 4.86. The normalized spacial score (nSPS) is 19.3. The molecular weight excluding hydrogens is 510 g/mol. The summed E-state index contributed by atoms with van der Waals surface area (Å²) < 4.78 is 66.1. The number of hydrogen-bond donors (Lipinski definition) is 0. The van der Waals surface area contributed by atoms with Gasteiger partial charge >= 0.3 is 0 Å². The van der Waals surface area contributed by atoms with Gasteiger partial charge in [-0.05, 0) is 120 Å². The lowest BCUT2D eigenvalue weighted by molar-refractivity contribution is 0.224. The minimum atomic E-state index is -2.54. The van der Waals surface area contributed by atoms with Crippen LogP contribution in [0.15, 0.2) is 95.5 Å². The molecule has 2 nitrogen and oxygen atoms in total. The molecule has 4 aromatic carbocycles. The van der Waals surface area contributed by atoms with E-state index >= 15 is 0 Å². The minimum absolute atomic E-state index is 0.0248. The van der Waals surface area contributed by atoms with Crippen molar-refractivity contribution in [3.8, 4) is 33.5 Å². The second-order valence-electron chi connectivity index (χ2n) is 12.5. The van der Waals surface area contributed by atoms with Crippen molar-refractivity contribution in [3.05, 3.63) is 113 Å². The molecule has 1 saturated carbocycles. The molecule has 210 valence electrons. The van der Waals surface area contributed by atoms with Gasteiger partial charge in [-0.3, -0.25) is 4.98 Å². The van der Waals surface area contributed by atoms with Crippen LogP contribution in [-0.4, -0.2) is 4.98 Å². The van der Waals surface area contributed by atoms with E-state index in [1.54, 1.807) is 18.2 Å². The average molecular weight is 557 g/mol. The van der Waals surface area contributed by atoms with Crippen molar-refractivity contribution in [3.63, 3.8) is 0 Å². The largest absolute Gasteiger partial charge is 0.455 e. The Morgan fingerprint density at radius 1 is 0.762 bits per heavy atom. The van der Waals surface area contributed by atoms with E-state index in [4.69, 9.17) is 12.6 Å². The van der Waals surface area contributed by atoms with Crippen molar-refractivity contribution in [2.24, 2.45) is 5.41 Å². The van der Waals surface area contributed by atoms with Crippen LogP contribution in [0.4, 0.5) is 0 Å². The second kappa shape index (κ2) is 10.3. The lowest BCUT2D eigenvalue weighted by atomic mass is 9.71. The van der Waals surface area contributed by atoms with Crippen molar-refractivity contribution >= 4 is 21.9 Å². The lowest BCUT2D eigenvalue weighted by Crippen LogP contribution is -2.20. The van der Waals surface area contributed by atoms with Crippen molar-refractivity contribution in [2.45, 2.75) is 66.1 Å². The average Bonchev–Trinajstić information content (AvgIpc) is 3.44. The fourth-order valence-corrected chi connectivity index (χ4v) is 6.45. The summed E-state index contributed by atoms with van der Waals surface area (Å²) in [6, 6.07) is 26.5. The summed E-state index contributed by atoms with van der Waals surface area (Å²) in [5, 5.41) is 1.87. The predicted molar refractivity (Wildman–Crippen MR) is 177 cm³/mol. The van der Waals surface area contributed by atoms with E-state index in [-0.39, 0.29) is 16.5 Å². The first-order valence-corrected chi connectivity index (χ1v) is 14.7. The van der Waals surface area contributed by atoms with Gasteiger partial charge in [0.05, 0.1) is 5.69 Å². The number of aromatic nitrogens is 1. The molecule has 6 aromatic rings. The zero-order chi connectivity index (χ0) is 34.9. The van der Waals surface area contributed by atoms with Gasteiger partial charge in [0.15, 0.2) is 0 Å². The van der Waals surface area contributed by atoms with E-state index < -0.39 is 19.6 Å². The standard InChI is InChI=1S/C40H39NO/c1-25-21-29(28-17-19-40(4,5)20-18-28)13-15-31(25)30-14-16-32(26(2)22-30)36-23-37(41-24-27(36)3)35-11-8-10-34-33-9-6-7-12-38(33)42-39(34)35/h6-16,21-24,28H,17-20H2,1-5H3/i2D3,3D3,28D. The molecule has 0 bridgehead atoms. The van der Waals surface area contributed by atoms with Gasteiger partial charge in [-0.1, -0.05) is 80.6 Å². The molecule has 0 aliphatic heterocycles. The summed E-state index contributed by atoms with van der Waals surface area (Å²) in [4.78, 5) is 4.57. The fraction of sp³-hybridized carbons (Fsp3) is 0.275. The molecule has 2 heterocycles. The maximum Gasteiger partial charge on any atom is 0.144 e. The second-order valence-corrected chi connectivity index (χ2v) is 12.5. The Morgan fingerprint density at radius 3 is 2.36 bits per heavy atom. The first-order chi connectivity index (χ1) is 23.0. The molecular formula is C40H39NO. The van der Waals surface area contributed by atoms with Crippen LogP contribution in [0.2, 0.25) is 0 Å². The van der Waals surface area contributed by atoms with Gasteiger partial charge in [0.1, 0.15) is 11.2 Å². The van der Waals surface area contributed by atoms with Crippen LogP contribution in [-0.2, 0) is 0 Å². The van der Waals surface area contributed by atoms with E-state index in [1.807, 2.05) is 67.6 Å². The SMILES string of the molecule is [2H]C([2H])([2H])c1cnc(-c2cccc3c2oc2ccccc23)cc1-c1ccc(-c2ccc(C3([2H])CCC(C)(C)CC3)cc2C)cc1C([2H])([2H])[2H]. The predicted octanol–water partition coefficient (Wildman–Crippen LogP) is 11.6. The Hall–Kier alpha value is -4.17. The molecule has 7 rings (SSSR count). The molecule has 1 aliphatic carbocycles. The van der Waals surface area contributed by atoms with Gasteiger partial charge in [0.25, 0.3) is 0 Å². The highest BCUT2D eigenvalue weighted by Gasteiger charge is 2.27. The number of furan rings is 1. The number of para-hydroxylation sites is 2. The molecule has 0 spiro atoms.